The van der Waals surface area contributed by atoms with Crippen molar-refractivity contribution in [2.24, 2.45) is 0 Å². The fourth-order valence-electron chi connectivity index (χ4n) is 4.21. The fourth-order valence-corrected chi connectivity index (χ4v) is 4.21. The lowest BCUT2D eigenvalue weighted by Gasteiger charge is -2.26. The van der Waals surface area contributed by atoms with Gasteiger partial charge in [0.2, 0.25) is 11.7 Å². The zero-order chi connectivity index (χ0) is 30.0. The van der Waals surface area contributed by atoms with Crippen LogP contribution in [0.1, 0.15) is 62.2 Å². The number of nitrogens with zero attached hydrogens (tertiary/aromatic N) is 3. The molecule has 0 radical (unpaired) electrons. The quantitative estimate of drug-likeness (QED) is 0.274. The molecular weight excluding hydrogens is 556 g/mol. The molecule has 41 heavy (non-hydrogen) atoms. The van der Waals surface area contributed by atoms with Crippen molar-refractivity contribution in [2.75, 3.05) is 13.2 Å². The fraction of sp³-hybridized carbons (Fsp3) is 0.393. The van der Waals surface area contributed by atoms with E-state index in [1.54, 1.807) is 20.8 Å². The number of alkyl halides is 6. The molecule has 220 valence electrons. The van der Waals surface area contributed by atoms with Crippen molar-refractivity contribution in [1.29, 1.82) is 0 Å². The van der Waals surface area contributed by atoms with Crippen molar-refractivity contribution in [1.82, 2.24) is 15.0 Å². The number of likely N-dealkylation sites (tertiary alicyclic amines) is 1. The number of carbonyl (C=O) groups is 1. The Morgan fingerprint density at radius 2 is 1.83 bits per heavy atom. The third-order valence-electron chi connectivity index (χ3n) is 6.01. The van der Waals surface area contributed by atoms with Crippen LogP contribution >= 0.6 is 0 Å². The van der Waals surface area contributed by atoms with Gasteiger partial charge in [-0.15, -0.1) is 0 Å². The van der Waals surface area contributed by atoms with Crippen LogP contribution in [-0.4, -0.2) is 39.9 Å². The van der Waals surface area contributed by atoms with Gasteiger partial charge in [0.15, 0.2) is 0 Å². The van der Waals surface area contributed by atoms with Gasteiger partial charge in [0.05, 0.1) is 11.1 Å². The van der Waals surface area contributed by atoms with Gasteiger partial charge in [-0.2, -0.15) is 31.3 Å². The van der Waals surface area contributed by atoms with Crippen LogP contribution in [0, 0.1) is 0 Å². The molecule has 0 bridgehead atoms. The minimum absolute atomic E-state index is 0.0148. The number of hydrogen-bond acceptors (Lipinski definition) is 6. The number of benzene rings is 2. The summed E-state index contributed by atoms with van der Waals surface area (Å²) in [5, 5.41) is 3.82. The highest BCUT2D eigenvalue weighted by molar-refractivity contribution is 5.69. The lowest BCUT2D eigenvalue weighted by molar-refractivity contribution is -0.139. The molecule has 1 fully saturated rings. The van der Waals surface area contributed by atoms with Gasteiger partial charge < -0.3 is 14.0 Å². The molecular formula is C28H27F6N3O4. The molecule has 1 atom stereocenters. The van der Waals surface area contributed by atoms with E-state index >= 15 is 0 Å². The van der Waals surface area contributed by atoms with E-state index in [4.69, 9.17) is 14.0 Å². The number of ether oxygens (including phenoxy) is 2. The number of hydrogen-bond donors (Lipinski definition) is 0. The van der Waals surface area contributed by atoms with Gasteiger partial charge in [-0.3, -0.25) is 4.90 Å². The summed E-state index contributed by atoms with van der Waals surface area (Å²) in [6, 6.07) is 7.19. The topological polar surface area (TPSA) is 77.7 Å². The van der Waals surface area contributed by atoms with E-state index in [0.29, 0.717) is 19.4 Å². The van der Waals surface area contributed by atoms with Gasteiger partial charge >= 0.3 is 18.4 Å². The summed E-state index contributed by atoms with van der Waals surface area (Å²) in [7, 11) is 0. The summed E-state index contributed by atoms with van der Waals surface area (Å²) in [4.78, 5) is 18.3. The molecule has 7 nitrogen and oxygen atoms in total. The average molecular weight is 584 g/mol. The molecule has 2 heterocycles. The molecule has 0 spiro atoms. The first kappa shape index (κ1) is 29.9. The zero-order valence-corrected chi connectivity index (χ0v) is 22.3. The second-order valence-corrected chi connectivity index (χ2v) is 10.3. The van der Waals surface area contributed by atoms with E-state index in [2.05, 4.69) is 10.1 Å². The number of aromatic nitrogens is 2. The van der Waals surface area contributed by atoms with Gasteiger partial charge in [0.25, 0.3) is 0 Å². The predicted octanol–water partition coefficient (Wildman–Crippen LogP) is 7.94. The molecule has 0 N–H and O–H groups in total. The Labute approximate surface area is 231 Å². The molecule has 0 saturated carbocycles. The van der Waals surface area contributed by atoms with Crippen molar-refractivity contribution in [2.45, 2.75) is 57.6 Å². The first-order valence-corrected chi connectivity index (χ1v) is 12.6. The van der Waals surface area contributed by atoms with Gasteiger partial charge in [-0.05, 0) is 75.6 Å². The number of rotatable bonds is 6. The van der Waals surface area contributed by atoms with E-state index < -0.39 is 47.0 Å². The molecule has 1 amide bonds. The second-order valence-electron chi connectivity index (χ2n) is 10.3. The Morgan fingerprint density at radius 3 is 2.51 bits per heavy atom. The summed E-state index contributed by atoms with van der Waals surface area (Å²) in [6.45, 7) is 5.29. The van der Waals surface area contributed by atoms with Crippen LogP contribution in [0.25, 0.3) is 17.5 Å². The Morgan fingerprint density at radius 1 is 1.07 bits per heavy atom. The monoisotopic (exact) mass is 583 g/mol. The van der Waals surface area contributed by atoms with Gasteiger partial charge in [0.1, 0.15) is 24.0 Å². The maximum atomic E-state index is 13.9. The average Bonchev–Trinajstić information content (AvgIpc) is 3.55. The number of carbonyl (C=O) groups excluding carboxylic acids is 1. The Balaban J connectivity index is 1.49. The maximum absolute atomic E-state index is 13.9. The van der Waals surface area contributed by atoms with Crippen molar-refractivity contribution in [3.63, 3.8) is 0 Å². The molecule has 0 aliphatic carbocycles. The van der Waals surface area contributed by atoms with E-state index in [9.17, 15) is 31.1 Å². The first-order valence-electron chi connectivity index (χ1n) is 12.6. The Kier molecular flexibility index (Phi) is 8.36. The summed E-state index contributed by atoms with van der Waals surface area (Å²) in [6.07, 6.45) is -6.04. The van der Waals surface area contributed by atoms with E-state index in [-0.39, 0.29) is 29.4 Å². The van der Waals surface area contributed by atoms with Crippen LogP contribution in [0.15, 0.2) is 53.1 Å². The smallest absolute Gasteiger partial charge is 0.419 e. The minimum atomic E-state index is -4.79. The first-order chi connectivity index (χ1) is 19.1. The van der Waals surface area contributed by atoms with Crippen LogP contribution in [-0.2, 0) is 17.1 Å². The van der Waals surface area contributed by atoms with Crippen molar-refractivity contribution in [3.8, 4) is 17.1 Å². The Hall–Kier alpha value is -4.03. The van der Waals surface area contributed by atoms with Crippen molar-refractivity contribution >= 4 is 12.2 Å². The summed E-state index contributed by atoms with van der Waals surface area (Å²) < 4.78 is 96.3. The standard InChI is InChI=1S/C28H27F6N3O4/c1-26(2,3)40-25(38)37-13-5-10-21(37)24-35-23(36-41-24)18-11-12-22(20(16-18)28(32,33)34)39-14-6-8-17-7-4-9-19(15-17)27(29,30)31/h4,6-9,11-12,15-16,21H,5,10,13-14H2,1-3H3/b8-6+/t21-/m0/s1. The molecule has 1 aliphatic rings. The molecule has 3 aromatic rings. The Bertz CT molecular complexity index is 1410. The van der Waals surface area contributed by atoms with E-state index in [1.165, 1.54) is 35.3 Å². The zero-order valence-electron chi connectivity index (χ0n) is 22.3. The third-order valence-corrected chi connectivity index (χ3v) is 6.01. The summed E-state index contributed by atoms with van der Waals surface area (Å²) >= 11 is 0. The molecule has 1 aromatic heterocycles. The summed E-state index contributed by atoms with van der Waals surface area (Å²) in [5.41, 5.74) is -2.41. The van der Waals surface area contributed by atoms with E-state index in [1.807, 2.05) is 0 Å². The largest absolute Gasteiger partial charge is 0.489 e. The second kappa shape index (κ2) is 11.5. The molecule has 13 heteroatoms. The lowest BCUT2D eigenvalue weighted by Crippen LogP contribution is -2.36. The molecule has 0 unspecified atom stereocenters. The van der Waals surface area contributed by atoms with Gasteiger partial charge in [-0.25, -0.2) is 4.79 Å². The van der Waals surface area contributed by atoms with Crippen LogP contribution in [0.4, 0.5) is 31.1 Å². The lowest BCUT2D eigenvalue weighted by atomic mass is 10.1. The minimum Gasteiger partial charge on any atom is -0.489 e. The third kappa shape index (κ3) is 7.59. The van der Waals surface area contributed by atoms with Crippen LogP contribution in [0.5, 0.6) is 5.75 Å². The highest BCUT2D eigenvalue weighted by Crippen LogP contribution is 2.39. The number of halogens is 6. The van der Waals surface area contributed by atoms with Gasteiger partial charge in [-0.1, -0.05) is 23.4 Å². The molecule has 1 saturated heterocycles. The van der Waals surface area contributed by atoms with Crippen LogP contribution < -0.4 is 4.74 Å². The van der Waals surface area contributed by atoms with Crippen molar-refractivity contribution in [3.05, 3.63) is 71.1 Å². The van der Waals surface area contributed by atoms with Crippen LogP contribution in [0.3, 0.4) is 0 Å². The van der Waals surface area contributed by atoms with Crippen molar-refractivity contribution < 1.29 is 45.1 Å². The number of amides is 1. The normalized spacial score (nSPS) is 16.4. The predicted molar refractivity (Wildman–Crippen MR) is 136 cm³/mol. The van der Waals surface area contributed by atoms with Gasteiger partial charge in [0, 0.05) is 12.1 Å². The SMILES string of the molecule is CC(C)(C)OC(=O)N1CCC[C@H]1c1nc(-c2ccc(OC/C=C/c3cccc(C(F)(F)F)c3)c(C(F)(F)F)c2)no1. The molecule has 4 rings (SSSR count). The molecule has 2 aromatic carbocycles. The van der Waals surface area contributed by atoms with E-state index in [0.717, 1.165) is 24.3 Å². The highest BCUT2D eigenvalue weighted by Gasteiger charge is 2.38. The highest BCUT2D eigenvalue weighted by atomic mass is 19.4. The molecule has 1 aliphatic heterocycles. The van der Waals surface area contributed by atoms with Crippen LogP contribution in [0.2, 0.25) is 0 Å². The summed E-state index contributed by atoms with van der Waals surface area (Å²) in [5.74, 6) is -0.500. The maximum Gasteiger partial charge on any atom is 0.419 e.